The van der Waals surface area contributed by atoms with Gasteiger partial charge in [-0.2, -0.15) is 0 Å². The smallest absolute Gasteiger partial charge is 0.161 e. The number of hydrogen-bond donors (Lipinski definition) is 1. The van der Waals surface area contributed by atoms with Gasteiger partial charge in [-0.3, -0.25) is 9.88 Å². The number of rotatable bonds is 11. The third-order valence-electron chi connectivity index (χ3n) is 5.99. The van der Waals surface area contributed by atoms with Crippen molar-refractivity contribution < 1.29 is 14.2 Å². The van der Waals surface area contributed by atoms with Crippen LogP contribution >= 0.6 is 0 Å². The summed E-state index contributed by atoms with van der Waals surface area (Å²) in [6.07, 6.45) is 5.62. The standard InChI is InChI=1S/C27H34N4O3/c1-21(22-8-4-3-5-9-22)29-27-20-28-19-24(30-27)23-10-11-25(26(18-23)32-2)34-15-7-6-12-31-13-16-33-17-14-31/h3-5,8-11,18-21H,6-7,12-17H2,1-2H3,(H,29,30). The number of unbranched alkanes of at least 4 members (excludes halogenated alkanes) is 1. The molecule has 0 radical (unpaired) electrons. The largest absolute Gasteiger partial charge is 0.493 e. The van der Waals surface area contributed by atoms with E-state index in [-0.39, 0.29) is 6.04 Å². The lowest BCUT2D eigenvalue weighted by atomic mass is 10.1. The second-order valence-corrected chi connectivity index (χ2v) is 8.44. The summed E-state index contributed by atoms with van der Waals surface area (Å²) in [5.41, 5.74) is 2.91. The number of anilines is 1. The molecule has 1 atom stereocenters. The molecule has 1 N–H and O–H groups in total. The Morgan fingerprint density at radius 2 is 1.85 bits per heavy atom. The zero-order valence-electron chi connectivity index (χ0n) is 20.1. The molecule has 1 unspecified atom stereocenters. The van der Waals surface area contributed by atoms with Gasteiger partial charge in [0.2, 0.25) is 0 Å². The van der Waals surface area contributed by atoms with E-state index in [0.29, 0.717) is 12.4 Å². The van der Waals surface area contributed by atoms with Crippen molar-refractivity contribution in [3.8, 4) is 22.8 Å². The maximum Gasteiger partial charge on any atom is 0.161 e. The highest BCUT2D eigenvalue weighted by molar-refractivity contribution is 5.64. The molecule has 180 valence electrons. The van der Waals surface area contributed by atoms with E-state index in [1.54, 1.807) is 19.5 Å². The Morgan fingerprint density at radius 3 is 2.65 bits per heavy atom. The van der Waals surface area contributed by atoms with E-state index in [2.05, 4.69) is 34.3 Å². The summed E-state index contributed by atoms with van der Waals surface area (Å²) >= 11 is 0. The monoisotopic (exact) mass is 462 g/mol. The topological polar surface area (TPSA) is 68.7 Å². The molecular weight excluding hydrogens is 428 g/mol. The van der Waals surface area contributed by atoms with E-state index in [9.17, 15) is 0 Å². The van der Waals surface area contributed by atoms with Crippen LogP contribution in [0.3, 0.4) is 0 Å². The van der Waals surface area contributed by atoms with Crippen LogP contribution in [0.15, 0.2) is 60.9 Å². The van der Waals surface area contributed by atoms with Gasteiger partial charge in [0.25, 0.3) is 0 Å². The Labute approximate surface area is 202 Å². The Balaban J connectivity index is 1.34. The van der Waals surface area contributed by atoms with Crippen molar-refractivity contribution >= 4 is 5.82 Å². The van der Waals surface area contributed by atoms with Crippen molar-refractivity contribution in [2.75, 3.05) is 51.9 Å². The van der Waals surface area contributed by atoms with Crippen LogP contribution in [-0.4, -0.2) is 61.4 Å². The minimum Gasteiger partial charge on any atom is -0.493 e. The fourth-order valence-corrected chi connectivity index (χ4v) is 4.01. The predicted octanol–water partition coefficient (Wildman–Crippen LogP) is 4.82. The molecule has 2 aromatic carbocycles. The van der Waals surface area contributed by atoms with Crippen molar-refractivity contribution in [2.45, 2.75) is 25.8 Å². The second kappa shape index (κ2) is 12.3. The highest BCUT2D eigenvalue weighted by Gasteiger charge is 2.12. The maximum absolute atomic E-state index is 6.02. The average Bonchev–Trinajstić information content (AvgIpc) is 2.90. The number of nitrogens with zero attached hydrogens (tertiary/aromatic N) is 3. The van der Waals surface area contributed by atoms with E-state index in [1.165, 1.54) is 5.56 Å². The van der Waals surface area contributed by atoms with Crippen molar-refractivity contribution in [1.29, 1.82) is 0 Å². The van der Waals surface area contributed by atoms with Crippen LogP contribution in [0.2, 0.25) is 0 Å². The summed E-state index contributed by atoms with van der Waals surface area (Å²) in [6, 6.07) is 16.3. The molecule has 0 saturated carbocycles. The highest BCUT2D eigenvalue weighted by Crippen LogP contribution is 2.32. The van der Waals surface area contributed by atoms with Crippen molar-refractivity contribution in [3.63, 3.8) is 0 Å². The molecule has 34 heavy (non-hydrogen) atoms. The molecule has 0 spiro atoms. The van der Waals surface area contributed by atoms with Crippen molar-refractivity contribution in [2.24, 2.45) is 0 Å². The fourth-order valence-electron chi connectivity index (χ4n) is 4.01. The van der Waals surface area contributed by atoms with Gasteiger partial charge in [-0.25, -0.2) is 4.98 Å². The van der Waals surface area contributed by atoms with Crippen LogP contribution in [0.1, 0.15) is 31.4 Å². The summed E-state index contributed by atoms with van der Waals surface area (Å²) < 4.78 is 17.0. The summed E-state index contributed by atoms with van der Waals surface area (Å²) in [5, 5.41) is 3.43. The minimum atomic E-state index is 0.124. The van der Waals surface area contributed by atoms with Gasteiger partial charge in [0.1, 0.15) is 5.82 Å². The Hall–Kier alpha value is -3.16. The van der Waals surface area contributed by atoms with Crippen molar-refractivity contribution in [3.05, 3.63) is 66.5 Å². The van der Waals surface area contributed by atoms with Crippen LogP contribution in [-0.2, 0) is 4.74 Å². The molecule has 0 bridgehead atoms. The molecule has 0 amide bonds. The number of nitrogens with one attached hydrogen (secondary N) is 1. The molecule has 7 nitrogen and oxygen atoms in total. The number of aromatic nitrogens is 2. The lowest BCUT2D eigenvalue weighted by Crippen LogP contribution is -2.36. The zero-order chi connectivity index (χ0) is 23.6. The van der Waals surface area contributed by atoms with Crippen molar-refractivity contribution in [1.82, 2.24) is 14.9 Å². The number of ether oxygens (including phenoxy) is 3. The SMILES string of the molecule is COc1cc(-c2cncc(NC(C)c3ccccc3)n2)ccc1OCCCCN1CCOCC1. The van der Waals surface area contributed by atoms with Gasteiger partial charge >= 0.3 is 0 Å². The molecule has 3 aromatic rings. The number of hydrogen-bond acceptors (Lipinski definition) is 7. The maximum atomic E-state index is 6.02. The summed E-state index contributed by atoms with van der Waals surface area (Å²) in [6.45, 7) is 7.61. The first-order valence-corrected chi connectivity index (χ1v) is 12.0. The molecule has 2 heterocycles. The van der Waals surface area contributed by atoms with E-state index in [4.69, 9.17) is 19.2 Å². The van der Waals surface area contributed by atoms with Crippen LogP contribution < -0.4 is 14.8 Å². The van der Waals surface area contributed by atoms with E-state index in [0.717, 1.165) is 68.5 Å². The predicted molar refractivity (Wildman–Crippen MR) is 134 cm³/mol. The Kier molecular flexibility index (Phi) is 8.71. The van der Waals surface area contributed by atoms with Gasteiger partial charge in [0.15, 0.2) is 11.5 Å². The molecule has 1 fully saturated rings. The molecule has 1 aliphatic rings. The van der Waals surface area contributed by atoms with Crippen LogP contribution in [0.25, 0.3) is 11.3 Å². The molecule has 1 saturated heterocycles. The molecule has 1 aromatic heterocycles. The second-order valence-electron chi connectivity index (χ2n) is 8.44. The first kappa shape index (κ1) is 24.0. The van der Waals surface area contributed by atoms with Gasteiger partial charge < -0.3 is 19.5 Å². The van der Waals surface area contributed by atoms with Gasteiger partial charge in [0.05, 0.1) is 45.0 Å². The van der Waals surface area contributed by atoms with E-state index >= 15 is 0 Å². The van der Waals surface area contributed by atoms with Gasteiger partial charge in [0, 0.05) is 24.7 Å². The minimum absolute atomic E-state index is 0.124. The third kappa shape index (κ3) is 6.68. The highest BCUT2D eigenvalue weighted by atomic mass is 16.5. The van der Waals surface area contributed by atoms with Crippen LogP contribution in [0, 0.1) is 0 Å². The van der Waals surface area contributed by atoms with Gasteiger partial charge in [-0.15, -0.1) is 0 Å². The molecular formula is C27H34N4O3. The average molecular weight is 463 g/mol. The number of methoxy groups -OCH3 is 1. The molecule has 0 aliphatic carbocycles. The fraction of sp³-hybridized carbons (Fsp3) is 0.407. The number of benzene rings is 2. The normalized spacial score (nSPS) is 15.0. The van der Waals surface area contributed by atoms with E-state index < -0.39 is 0 Å². The molecule has 4 rings (SSSR count). The first-order chi connectivity index (χ1) is 16.7. The lowest BCUT2D eigenvalue weighted by Gasteiger charge is -2.26. The first-order valence-electron chi connectivity index (χ1n) is 12.0. The Bertz CT molecular complexity index is 1030. The third-order valence-corrected chi connectivity index (χ3v) is 5.99. The Morgan fingerprint density at radius 1 is 1.03 bits per heavy atom. The van der Waals surface area contributed by atoms with Gasteiger partial charge in [-0.05, 0) is 50.1 Å². The summed E-state index contributed by atoms with van der Waals surface area (Å²) in [7, 11) is 1.66. The lowest BCUT2D eigenvalue weighted by molar-refractivity contribution is 0.0368. The zero-order valence-corrected chi connectivity index (χ0v) is 20.1. The molecule has 1 aliphatic heterocycles. The summed E-state index contributed by atoms with van der Waals surface area (Å²) in [4.78, 5) is 11.6. The number of morpholine rings is 1. The van der Waals surface area contributed by atoms with Crippen LogP contribution in [0.4, 0.5) is 5.82 Å². The quantitative estimate of drug-likeness (QED) is 0.410. The van der Waals surface area contributed by atoms with E-state index in [1.807, 2.05) is 36.4 Å². The van der Waals surface area contributed by atoms with Crippen LogP contribution in [0.5, 0.6) is 11.5 Å². The summed E-state index contributed by atoms with van der Waals surface area (Å²) in [5.74, 6) is 2.18. The van der Waals surface area contributed by atoms with Gasteiger partial charge in [-0.1, -0.05) is 30.3 Å². The molecule has 7 heteroatoms.